The highest BCUT2D eigenvalue weighted by Crippen LogP contribution is 2.53. The van der Waals surface area contributed by atoms with Gasteiger partial charge in [-0.15, -0.1) is 0 Å². The smallest absolute Gasteiger partial charge is 0.327 e. The molecule has 3 fully saturated rings. The van der Waals surface area contributed by atoms with Gasteiger partial charge < -0.3 is 5.11 Å². The van der Waals surface area contributed by atoms with Crippen LogP contribution in [0.2, 0.25) is 0 Å². The highest BCUT2D eigenvalue weighted by Gasteiger charge is 2.62. The molecule has 1 aliphatic heterocycles. The average Bonchev–Trinajstić information content (AvgIpc) is 2.89. The Hall–Kier alpha value is -1.65. The first-order valence-electron chi connectivity index (χ1n) is 6.87. The van der Waals surface area contributed by atoms with E-state index in [0.717, 1.165) is 24.2 Å². The third kappa shape index (κ3) is 1.33. The molecule has 0 radical (unpaired) electrons. The van der Waals surface area contributed by atoms with Crippen molar-refractivity contribution in [3.8, 4) is 0 Å². The second-order valence-electron chi connectivity index (χ2n) is 6.17. The van der Waals surface area contributed by atoms with E-state index in [1.54, 1.807) is 0 Å². The normalized spacial score (nSPS) is 40.9. The molecule has 5 unspecified atom stereocenters. The first-order chi connectivity index (χ1) is 9.09. The van der Waals surface area contributed by atoms with Crippen LogP contribution in [0.5, 0.6) is 0 Å². The maximum Gasteiger partial charge on any atom is 0.327 e. The number of carboxylic acids is 1. The molecule has 1 saturated heterocycles. The van der Waals surface area contributed by atoms with Crippen LogP contribution < -0.4 is 0 Å². The van der Waals surface area contributed by atoms with Gasteiger partial charge in [0.05, 0.1) is 11.8 Å². The molecule has 0 spiro atoms. The van der Waals surface area contributed by atoms with Gasteiger partial charge in [0, 0.05) is 0 Å². The lowest BCUT2D eigenvalue weighted by atomic mass is 9.85. The molecule has 1 heterocycles. The number of carboxylic acid groups (broad SMARTS) is 1. The molecular formula is C14H15NO4. The fourth-order valence-corrected chi connectivity index (χ4v) is 4.13. The van der Waals surface area contributed by atoms with Gasteiger partial charge in [-0.2, -0.15) is 0 Å². The van der Waals surface area contributed by atoms with Crippen LogP contribution in [0.4, 0.5) is 0 Å². The Morgan fingerprint density at radius 2 is 1.68 bits per heavy atom. The van der Waals surface area contributed by atoms with E-state index in [9.17, 15) is 19.5 Å². The number of rotatable bonds is 3. The highest BCUT2D eigenvalue weighted by molar-refractivity contribution is 6.08. The number of carbonyl (C=O) groups excluding carboxylic acids is 2. The maximum absolute atomic E-state index is 12.5. The van der Waals surface area contributed by atoms with Gasteiger partial charge in [0.1, 0.15) is 6.04 Å². The van der Waals surface area contributed by atoms with Crippen LogP contribution in [0, 0.1) is 29.6 Å². The summed E-state index contributed by atoms with van der Waals surface area (Å²) in [5, 5.41) is 9.33. The Labute approximate surface area is 110 Å². The number of allylic oxidation sites excluding steroid dienone is 2. The number of amides is 2. The van der Waals surface area contributed by atoms with Crippen molar-refractivity contribution in [3.05, 3.63) is 12.2 Å². The maximum atomic E-state index is 12.5. The third-order valence-corrected chi connectivity index (χ3v) is 5.10. The molecule has 2 bridgehead atoms. The third-order valence-electron chi connectivity index (χ3n) is 5.10. The molecule has 5 heteroatoms. The Kier molecular flexibility index (Phi) is 2.04. The topological polar surface area (TPSA) is 74.7 Å². The van der Waals surface area contributed by atoms with Gasteiger partial charge >= 0.3 is 5.97 Å². The van der Waals surface area contributed by atoms with E-state index in [1.165, 1.54) is 0 Å². The summed E-state index contributed by atoms with van der Waals surface area (Å²) >= 11 is 0. The second-order valence-corrected chi connectivity index (χ2v) is 6.17. The largest absolute Gasteiger partial charge is 0.480 e. The number of hydrogen-bond acceptors (Lipinski definition) is 3. The van der Waals surface area contributed by atoms with Crippen molar-refractivity contribution in [2.24, 2.45) is 29.6 Å². The van der Waals surface area contributed by atoms with Gasteiger partial charge in [0.25, 0.3) is 0 Å². The minimum atomic E-state index is -1.04. The van der Waals surface area contributed by atoms with E-state index in [0.29, 0.717) is 0 Å². The van der Waals surface area contributed by atoms with Crippen molar-refractivity contribution in [3.63, 3.8) is 0 Å². The molecule has 5 nitrogen and oxygen atoms in total. The lowest BCUT2D eigenvalue weighted by Gasteiger charge is -2.24. The van der Waals surface area contributed by atoms with E-state index in [-0.39, 0.29) is 41.4 Å². The summed E-state index contributed by atoms with van der Waals surface area (Å²) in [6.07, 6.45) is 6.52. The number of imide groups is 1. The molecule has 5 atom stereocenters. The van der Waals surface area contributed by atoms with Crippen molar-refractivity contribution in [1.82, 2.24) is 4.90 Å². The predicted molar refractivity (Wildman–Crippen MR) is 63.7 cm³/mol. The fraction of sp³-hybridized carbons (Fsp3) is 0.643. The van der Waals surface area contributed by atoms with E-state index in [4.69, 9.17) is 0 Å². The molecular weight excluding hydrogens is 246 g/mol. The zero-order chi connectivity index (χ0) is 13.3. The Morgan fingerprint density at radius 3 is 2.11 bits per heavy atom. The number of aliphatic carboxylic acids is 1. The van der Waals surface area contributed by atoms with Crippen LogP contribution in [-0.4, -0.2) is 33.8 Å². The van der Waals surface area contributed by atoms with Crippen LogP contribution in [0.1, 0.15) is 19.3 Å². The minimum Gasteiger partial charge on any atom is -0.480 e. The van der Waals surface area contributed by atoms with Gasteiger partial charge in [0.2, 0.25) is 11.8 Å². The standard InChI is InChI=1S/C14H15NO4/c16-12-9-7-3-4-8(5-7)10(9)13(17)15(12)11(14(18)19)6-1-2-6/h3-4,6-11H,1-2,5H2,(H,18,19). The van der Waals surface area contributed by atoms with Crippen molar-refractivity contribution < 1.29 is 19.5 Å². The van der Waals surface area contributed by atoms with Gasteiger partial charge in [-0.05, 0) is 37.0 Å². The quantitative estimate of drug-likeness (QED) is 0.598. The summed E-state index contributed by atoms with van der Waals surface area (Å²) < 4.78 is 0. The highest BCUT2D eigenvalue weighted by atomic mass is 16.4. The summed E-state index contributed by atoms with van der Waals surface area (Å²) in [6, 6.07) is -0.926. The first-order valence-corrected chi connectivity index (χ1v) is 6.87. The van der Waals surface area contributed by atoms with Gasteiger partial charge in [-0.25, -0.2) is 4.79 Å². The number of fused-ring (bicyclic) bond motifs is 5. The second kappa shape index (κ2) is 3.46. The van der Waals surface area contributed by atoms with Crippen LogP contribution in [0.25, 0.3) is 0 Å². The Morgan fingerprint density at radius 1 is 1.16 bits per heavy atom. The molecule has 4 rings (SSSR count). The molecule has 1 N–H and O–H groups in total. The van der Waals surface area contributed by atoms with Crippen molar-refractivity contribution in [2.75, 3.05) is 0 Å². The fourth-order valence-electron chi connectivity index (χ4n) is 4.13. The molecule has 0 aromatic rings. The van der Waals surface area contributed by atoms with E-state index in [1.807, 2.05) is 12.2 Å². The van der Waals surface area contributed by atoms with E-state index >= 15 is 0 Å². The predicted octanol–water partition coefficient (Wildman–Crippen LogP) is 0.657. The zero-order valence-corrected chi connectivity index (χ0v) is 10.4. The summed E-state index contributed by atoms with van der Waals surface area (Å²) in [5.74, 6) is -1.85. The number of hydrogen-bond donors (Lipinski definition) is 1. The first kappa shape index (κ1) is 11.2. The molecule has 3 aliphatic carbocycles. The zero-order valence-electron chi connectivity index (χ0n) is 10.4. The van der Waals surface area contributed by atoms with Crippen molar-refractivity contribution in [1.29, 1.82) is 0 Å². The molecule has 0 aromatic heterocycles. The van der Waals surface area contributed by atoms with Gasteiger partial charge in [-0.3, -0.25) is 14.5 Å². The minimum absolute atomic E-state index is 0.0326. The number of carbonyl (C=O) groups is 3. The Bertz CT molecular complexity index is 492. The van der Waals surface area contributed by atoms with Gasteiger partial charge in [0.15, 0.2) is 0 Å². The summed E-state index contributed by atoms with van der Waals surface area (Å²) in [4.78, 5) is 37.4. The van der Waals surface area contributed by atoms with Crippen LogP contribution in [0.15, 0.2) is 12.2 Å². The van der Waals surface area contributed by atoms with E-state index in [2.05, 4.69) is 0 Å². The van der Waals surface area contributed by atoms with E-state index < -0.39 is 12.0 Å². The van der Waals surface area contributed by atoms with Crippen LogP contribution in [-0.2, 0) is 14.4 Å². The SMILES string of the molecule is O=C(O)C(C1CC1)N1C(=O)C2C3C=CC(C3)C2C1=O. The molecule has 19 heavy (non-hydrogen) atoms. The molecule has 0 aromatic carbocycles. The monoisotopic (exact) mass is 261 g/mol. The number of nitrogens with zero attached hydrogens (tertiary/aromatic N) is 1. The van der Waals surface area contributed by atoms with Crippen molar-refractivity contribution >= 4 is 17.8 Å². The Balaban J connectivity index is 1.70. The summed E-state index contributed by atoms with van der Waals surface area (Å²) in [7, 11) is 0. The molecule has 100 valence electrons. The molecule has 4 aliphatic rings. The lowest BCUT2D eigenvalue weighted by molar-refractivity contribution is -0.156. The lowest BCUT2D eigenvalue weighted by Crippen LogP contribution is -2.47. The summed E-state index contributed by atoms with van der Waals surface area (Å²) in [6.45, 7) is 0. The van der Waals surface area contributed by atoms with Crippen LogP contribution >= 0.6 is 0 Å². The van der Waals surface area contributed by atoms with Gasteiger partial charge in [-0.1, -0.05) is 12.2 Å². The van der Waals surface area contributed by atoms with Crippen molar-refractivity contribution in [2.45, 2.75) is 25.3 Å². The molecule has 2 saturated carbocycles. The average molecular weight is 261 g/mol. The summed E-state index contributed by atoms with van der Waals surface area (Å²) in [5.41, 5.74) is 0. The molecule has 2 amide bonds. The van der Waals surface area contributed by atoms with Crippen LogP contribution in [0.3, 0.4) is 0 Å². The number of likely N-dealkylation sites (tertiary alicyclic amines) is 1.